The van der Waals surface area contributed by atoms with E-state index in [0.29, 0.717) is 16.9 Å². The Morgan fingerprint density at radius 3 is 1.64 bits per heavy atom. The van der Waals surface area contributed by atoms with Crippen LogP contribution < -0.4 is 0 Å². The highest BCUT2D eigenvalue weighted by Crippen LogP contribution is 2.43. The number of thioether (sulfide) groups is 1. The van der Waals surface area contributed by atoms with Crippen molar-refractivity contribution in [1.29, 1.82) is 0 Å². The Hall–Kier alpha value is -4.16. The first-order chi connectivity index (χ1) is 20.6. The molecular weight excluding hydrogens is 540 g/mol. The molecule has 4 aromatic carbocycles. The minimum Gasteiger partial charge on any atom is -0.269 e. The van der Waals surface area contributed by atoms with Gasteiger partial charge in [0.25, 0.3) is 11.8 Å². The van der Waals surface area contributed by atoms with Crippen molar-refractivity contribution in [2.45, 2.75) is 49.9 Å². The molecule has 4 aromatic rings. The second kappa shape index (κ2) is 12.4. The maximum absolute atomic E-state index is 14.0. The molecule has 2 heterocycles. The number of rotatable bonds is 8. The van der Waals surface area contributed by atoms with E-state index in [2.05, 4.69) is 6.92 Å². The Morgan fingerprint density at radius 2 is 1.14 bits per heavy atom. The maximum atomic E-state index is 14.0. The molecule has 5 nitrogen and oxygen atoms in total. The number of fused-ring (bicyclic) bond motifs is 1. The second-order valence-corrected chi connectivity index (χ2v) is 12.2. The quantitative estimate of drug-likeness (QED) is 0.157. The van der Waals surface area contributed by atoms with Crippen LogP contribution in [0.1, 0.15) is 53.3 Å². The monoisotopic (exact) mass is 574 g/mol. The number of amides is 4. The molecule has 2 aliphatic rings. The Labute approximate surface area is 251 Å². The molecule has 0 radical (unpaired) electrons. The molecular formula is C36H34N2O3S. The van der Waals surface area contributed by atoms with Gasteiger partial charge >= 0.3 is 6.03 Å². The third-order valence-corrected chi connectivity index (χ3v) is 9.78. The summed E-state index contributed by atoms with van der Waals surface area (Å²) in [6.07, 6.45) is 4.16. The first-order valence-electron chi connectivity index (χ1n) is 14.7. The van der Waals surface area contributed by atoms with Crippen molar-refractivity contribution in [3.8, 4) is 22.3 Å². The van der Waals surface area contributed by atoms with Gasteiger partial charge in [0.15, 0.2) is 0 Å². The van der Waals surface area contributed by atoms with Crippen LogP contribution in [-0.2, 0) is 0 Å². The average molecular weight is 575 g/mol. The van der Waals surface area contributed by atoms with Crippen LogP contribution in [0.4, 0.5) is 4.79 Å². The number of nitrogens with zero attached hydrogens (tertiary/aromatic N) is 2. The van der Waals surface area contributed by atoms with Crippen LogP contribution in [0.15, 0.2) is 109 Å². The fourth-order valence-electron chi connectivity index (χ4n) is 6.08. The summed E-state index contributed by atoms with van der Waals surface area (Å²) in [5, 5.41) is 0.108. The van der Waals surface area contributed by atoms with Crippen LogP contribution in [-0.4, -0.2) is 50.7 Å². The summed E-state index contributed by atoms with van der Waals surface area (Å²) in [5.41, 5.74) is 5.02. The summed E-state index contributed by atoms with van der Waals surface area (Å²) in [6.45, 7) is 2.17. The van der Waals surface area contributed by atoms with E-state index in [9.17, 15) is 14.4 Å². The number of imide groups is 2. The molecule has 2 aliphatic heterocycles. The normalized spacial score (nSPS) is 19.6. The molecule has 0 unspecified atom stereocenters. The van der Waals surface area contributed by atoms with Crippen molar-refractivity contribution < 1.29 is 14.4 Å². The molecule has 6 heteroatoms. The lowest BCUT2D eigenvalue weighted by Crippen LogP contribution is -2.44. The minimum atomic E-state index is -0.514. The number of hydrogen-bond acceptors (Lipinski definition) is 4. The zero-order chi connectivity index (χ0) is 29.1. The van der Waals surface area contributed by atoms with Gasteiger partial charge in [0, 0.05) is 22.1 Å². The fourth-order valence-corrected chi connectivity index (χ4v) is 7.70. The first kappa shape index (κ1) is 28.0. The van der Waals surface area contributed by atoms with Gasteiger partial charge in [0.2, 0.25) is 0 Å². The number of urea groups is 1. The lowest BCUT2D eigenvalue weighted by atomic mass is 9.99. The summed E-state index contributed by atoms with van der Waals surface area (Å²) in [4.78, 5) is 44.6. The van der Waals surface area contributed by atoms with Crippen molar-refractivity contribution in [3.05, 3.63) is 120 Å². The average Bonchev–Trinajstić information content (AvgIpc) is 3.58. The molecule has 0 saturated carbocycles. The number of carbonyl (C=O) groups is 3. The molecule has 0 N–H and O–H groups in total. The van der Waals surface area contributed by atoms with Crippen LogP contribution in [0.3, 0.4) is 0 Å². The largest absolute Gasteiger partial charge is 0.334 e. The topological polar surface area (TPSA) is 57.7 Å². The smallest absolute Gasteiger partial charge is 0.269 e. The molecule has 42 heavy (non-hydrogen) atoms. The van der Waals surface area contributed by atoms with Gasteiger partial charge in [0.1, 0.15) is 0 Å². The molecule has 212 valence electrons. The Bertz CT molecular complexity index is 1560. The molecule has 2 saturated heterocycles. The molecule has 2 fully saturated rings. The number of unbranched alkanes of at least 4 members (excludes halogenated alkanes) is 2. The van der Waals surface area contributed by atoms with Crippen LogP contribution in [0.2, 0.25) is 0 Å². The van der Waals surface area contributed by atoms with Crippen molar-refractivity contribution in [2.24, 2.45) is 0 Å². The Balaban J connectivity index is 1.28. The zero-order valence-electron chi connectivity index (χ0n) is 23.7. The summed E-state index contributed by atoms with van der Waals surface area (Å²) < 4.78 is 0. The number of benzene rings is 4. The predicted octanol–water partition coefficient (Wildman–Crippen LogP) is 8.17. The van der Waals surface area contributed by atoms with Crippen molar-refractivity contribution in [1.82, 2.24) is 9.80 Å². The van der Waals surface area contributed by atoms with E-state index >= 15 is 0 Å². The van der Waals surface area contributed by atoms with Gasteiger partial charge in [-0.05, 0) is 52.9 Å². The van der Waals surface area contributed by atoms with Gasteiger partial charge in [-0.3, -0.25) is 19.4 Å². The van der Waals surface area contributed by atoms with E-state index in [1.807, 2.05) is 84.9 Å². The third kappa shape index (κ3) is 5.39. The van der Waals surface area contributed by atoms with Crippen molar-refractivity contribution in [3.63, 3.8) is 0 Å². The summed E-state index contributed by atoms with van der Waals surface area (Å²) >= 11 is 1.78. The van der Waals surface area contributed by atoms with E-state index in [1.54, 1.807) is 36.0 Å². The lowest BCUT2D eigenvalue weighted by molar-refractivity contribution is 0.0769. The highest BCUT2D eigenvalue weighted by Gasteiger charge is 2.57. The summed E-state index contributed by atoms with van der Waals surface area (Å²) in [5.74, 6) is -0.0518. The Kier molecular flexibility index (Phi) is 8.24. The molecule has 0 aliphatic carbocycles. The Morgan fingerprint density at radius 1 is 0.667 bits per heavy atom. The van der Waals surface area contributed by atoms with Gasteiger partial charge < -0.3 is 0 Å². The molecule has 4 amide bonds. The highest BCUT2D eigenvalue weighted by atomic mass is 32.2. The molecule has 0 spiro atoms. The molecule has 0 aromatic heterocycles. The van der Waals surface area contributed by atoms with Crippen LogP contribution in [0.25, 0.3) is 22.3 Å². The van der Waals surface area contributed by atoms with Gasteiger partial charge in [-0.2, -0.15) is 11.8 Å². The van der Waals surface area contributed by atoms with Gasteiger partial charge in [-0.15, -0.1) is 0 Å². The van der Waals surface area contributed by atoms with E-state index in [0.717, 1.165) is 47.9 Å². The number of hydrogen-bond donors (Lipinski definition) is 0. The second-order valence-electron chi connectivity index (χ2n) is 10.9. The molecule has 0 bridgehead atoms. The molecule has 3 atom stereocenters. The third-order valence-electron chi connectivity index (χ3n) is 8.31. The van der Waals surface area contributed by atoms with E-state index in [-0.39, 0.29) is 29.1 Å². The van der Waals surface area contributed by atoms with Crippen molar-refractivity contribution in [2.75, 3.05) is 5.75 Å². The fraction of sp³-hybridized carbons (Fsp3) is 0.250. The zero-order valence-corrected chi connectivity index (χ0v) is 24.5. The number of carbonyl (C=O) groups excluding carboxylic acids is 3. The minimum absolute atomic E-state index is 0.108. The van der Waals surface area contributed by atoms with Crippen LogP contribution in [0, 0.1) is 0 Å². The lowest BCUT2D eigenvalue weighted by Gasteiger charge is -2.25. The van der Waals surface area contributed by atoms with E-state index in [4.69, 9.17) is 0 Å². The SMILES string of the molecule is CCCCC[C@H]1SC[C@@H]2[C@@H]1N(C(=O)c1ccc(-c3ccccc3)cc1)C(=O)N2C(=O)c1ccc(-c2ccccc2)cc1. The van der Waals surface area contributed by atoms with Crippen LogP contribution >= 0.6 is 11.8 Å². The van der Waals surface area contributed by atoms with Gasteiger partial charge in [-0.25, -0.2) is 4.79 Å². The predicted molar refractivity (Wildman–Crippen MR) is 169 cm³/mol. The van der Waals surface area contributed by atoms with Gasteiger partial charge in [0.05, 0.1) is 12.1 Å². The summed E-state index contributed by atoms with van der Waals surface area (Å²) in [6, 6.07) is 33.5. The standard InChI is InChI=1S/C36H34N2O3S/c1-2-3-6-15-32-33-31(24-42-32)37(34(39)29-20-16-27(17-21-29)25-11-7-4-8-12-25)36(41)38(33)35(40)30-22-18-28(19-23-30)26-13-9-5-10-14-26/h4-5,7-14,16-23,31-33H,2-3,6,15,24H2,1H3/t31-,32-,33+/m1/s1. The van der Waals surface area contributed by atoms with E-state index < -0.39 is 6.03 Å². The van der Waals surface area contributed by atoms with Crippen molar-refractivity contribution >= 4 is 29.6 Å². The van der Waals surface area contributed by atoms with Gasteiger partial charge in [-0.1, -0.05) is 111 Å². The molecule has 6 rings (SSSR count). The maximum Gasteiger partial charge on any atom is 0.334 e. The van der Waals surface area contributed by atoms with Crippen LogP contribution in [0.5, 0.6) is 0 Å². The summed E-state index contributed by atoms with van der Waals surface area (Å²) in [7, 11) is 0. The van der Waals surface area contributed by atoms with E-state index in [1.165, 1.54) is 9.80 Å². The first-order valence-corrected chi connectivity index (χ1v) is 15.8. The highest BCUT2D eigenvalue weighted by molar-refractivity contribution is 8.00.